The average molecular weight is 330 g/mol. The molecule has 130 valence electrons. The van der Waals surface area contributed by atoms with Gasteiger partial charge in [-0.15, -0.1) is 0 Å². The molecule has 3 heterocycles. The SMILES string of the molecule is COc1ccc2c(c1)OCC(C(=O)NC1CCN3CCCCC13)C2. The van der Waals surface area contributed by atoms with Gasteiger partial charge < -0.3 is 14.8 Å². The Balaban J connectivity index is 1.38. The van der Waals surface area contributed by atoms with Crippen molar-refractivity contribution in [3.63, 3.8) is 0 Å². The molecule has 0 radical (unpaired) electrons. The standard InChI is InChI=1S/C19H26N2O3/c1-23-15-6-5-13-10-14(12-24-18(13)11-15)19(22)20-16-7-9-21-8-3-2-4-17(16)21/h5-6,11,14,16-17H,2-4,7-10,12H2,1H3,(H,20,22). The van der Waals surface area contributed by atoms with Crippen LogP contribution in [0.5, 0.6) is 11.5 Å². The summed E-state index contributed by atoms with van der Waals surface area (Å²) in [6, 6.07) is 6.70. The van der Waals surface area contributed by atoms with Crippen molar-refractivity contribution >= 4 is 5.91 Å². The number of rotatable bonds is 3. The highest BCUT2D eigenvalue weighted by Gasteiger charge is 2.37. The number of carbonyl (C=O) groups excluding carboxylic acids is 1. The minimum atomic E-state index is -0.0939. The molecule has 24 heavy (non-hydrogen) atoms. The highest BCUT2D eigenvalue weighted by atomic mass is 16.5. The second-order valence-electron chi connectivity index (χ2n) is 7.19. The Hall–Kier alpha value is -1.75. The number of hydrogen-bond acceptors (Lipinski definition) is 4. The van der Waals surface area contributed by atoms with Crippen LogP contribution < -0.4 is 14.8 Å². The molecular formula is C19H26N2O3. The summed E-state index contributed by atoms with van der Waals surface area (Å²) in [7, 11) is 1.65. The smallest absolute Gasteiger partial charge is 0.227 e. The Kier molecular flexibility index (Phi) is 4.35. The first-order chi connectivity index (χ1) is 11.7. The molecule has 2 fully saturated rings. The summed E-state index contributed by atoms with van der Waals surface area (Å²) < 4.78 is 11.0. The summed E-state index contributed by atoms with van der Waals surface area (Å²) in [6.07, 6.45) is 5.63. The average Bonchev–Trinajstić information content (AvgIpc) is 3.04. The second kappa shape index (κ2) is 6.63. The maximum absolute atomic E-state index is 12.7. The maximum Gasteiger partial charge on any atom is 0.227 e. The van der Waals surface area contributed by atoms with Gasteiger partial charge in [-0.2, -0.15) is 0 Å². The van der Waals surface area contributed by atoms with E-state index < -0.39 is 0 Å². The van der Waals surface area contributed by atoms with Crippen LogP contribution in [0.2, 0.25) is 0 Å². The second-order valence-corrected chi connectivity index (χ2v) is 7.19. The van der Waals surface area contributed by atoms with Crippen LogP contribution in [0.15, 0.2) is 18.2 Å². The van der Waals surface area contributed by atoms with E-state index in [2.05, 4.69) is 10.2 Å². The van der Waals surface area contributed by atoms with Crippen LogP contribution in [0.4, 0.5) is 0 Å². The van der Waals surface area contributed by atoms with Gasteiger partial charge in [0, 0.05) is 24.7 Å². The lowest BCUT2D eigenvalue weighted by Crippen LogP contribution is -2.49. The van der Waals surface area contributed by atoms with E-state index in [9.17, 15) is 4.79 Å². The quantitative estimate of drug-likeness (QED) is 0.921. The summed E-state index contributed by atoms with van der Waals surface area (Å²) in [5.41, 5.74) is 1.09. The molecule has 0 aromatic heterocycles. The summed E-state index contributed by atoms with van der Waals surface area (Å²) in [6.45, 7) is 2.77. The number of nitrogens with zero attached hydrogens (tertiary/aromatic N) is 1. The molecule has 4 rings (SSSR count). The largest absolute Gasteiger partial charge is 0.497 e. The van der Waals surface area contributed by atoms with Gasteiger partial charge in [0.15, 0.2) is 0 Å². The number of methoxy groups -OCH3 is 1. The van der Waals surface area contributed by atoms with E-state index in [0.717, 1.165) is 36.4 Å². The summed E-state index contributed by atoms with van der Waals surface area (Å²) in [5, 5.41) is 3.32. The highest BCUT2D eigenvalue weighted by Crippen LogP contribution is 2.32. The molecule has 3 atom stereocenters. The van der Waals surface area contributed by atoms with Crippen molar-refractivity contribution in [2.45, 2.75) is 44.2 Å². The Morgan fingerprint density at radius 2 is 2.21 bits per heavy atom. The molecule has 1 N–H and O–H groups in total. The predicted molar refractivity (Wildman–Crippen MR) is 91.4 cm³/mol. The molecule has 3 aliphatic heterocycles. The van der Waals surface area contributed by atoms with Crippen molar-refractivity contribution in [2.75, 3.05) is 26.8 Å². The third-order valence-corrected chi connectivity index (χ3v) is 5.74. The summed E-state index contributed by atoms with van der Waals surface area (Å²) >= 11 is 0. The molecule has 0 spiro atoms. The number of ether oxygens (including phenoxy) is 2. The van der Waals surface area contributed by atoms with Crippen molar-refractivity contribution in [1.82, 2.24) is 10.2 Å². The fourth-order valence-corrected chi connectivity index (χ4v) is 4.36. The molecule has 5 nitrogen and oxygen atoms in total. The topological polar surface area (TPSA) is 50.8 Å². The molecule has 3 unspecified atom stereocenters. The van der Waals surface area contributed by atoms with Crippen LogP contribution in [-0.4, -0.2) is 49.7 Å². The number of nitrogens with one attached hydrogen (secondary N) is 1. The number of fused-ring (bicyclic) bond motifs is 2. The van der Waals surface area contributed by atoms with E-state index >= 15 is 0 Å². The van der Waals surface area contributed by atoms with Crippen molar-refractivity contribution < 1.29 is 14.3 Å². The lowest BCUT2D eigenvalue weighted by molar-refractivity contribution is -0.127. The molecule has 1 aromatic rings. The molecule has 0 saturated carbocycles. The Morgan fingerprint density at radius 3 is 3.08 bits per heavy atom. The fourth-order valence-electron chi connectivity index (χ4n) is 4.36. The van der Waals surface area contributed by atoms with Crippen molar-refractivity contribution in [2.24, 2.45) is 5.92 Å². The zero-order valence-corrected chi connectivity index (χ0v) is 14.3. The van der Waals surface area contributed by atoms with Gasteiger partial charge >= 0.3 is 0 Å². The van der Waals surface area contributed by atoms with Crippen LogP contribution >= 0.6 is 0 Å². The van der Waals surface area contributed by atoms with Crippen LogP contribution in [0.25, 0.3) is 0 Å². The predicted octanol–water partition coefficient (Wildman–Crippen LogP) is 1.99. The van der Waals surface area contributed by atoms with E-state index in [4.69, 9.17) is 9.47 Å². The van der Waals surface area contributed by atoms with Gasteiger partial charge in [0.05, 0.1) is 13.0 Å². The molecule has 0 aliphatic carbocycles. The van der Waals surface area contributed by atoms with Crippen molar-refractivity contribution in [3.05, 3.63) is 23.8 Å². The first kappa shape index (κ1) is 15.8. The van der Waals surface area contributed by atoms with E-state index in [1.807, 2.05) is 18.2 Å². The molecule has 5 heteroatoms. The molecule has 2 saturated heterocycles. The number of amides is 1. The van der Waals surface area contributed by atoms with Crippen molar-refractivity contribution in [1.29, 1.82) is 0 Å². The molecule has 1 aromatic carbocycles. The zero-order chi connectivity index (χ0) is 16.5. The highest BCUT2D eigenvalue weighted by molar-refractivity contribution is 5.80. The number of piperidine rings is 1. The van der Waals surface area contributed by atoms with Crippen LogP contribution in [0.3, 0.4) is 0 Å². The van der Waals surface area contributed by atoms with E-state index in [0.29, 0.717) is 18.7 Å². The minimum Gasteiger partial charge on any atom is -0.497 e. The van der Waals surface area contributed by atoms with E-state index in [1.165, 1.54) is 25.8 Å². The van der Waals surface area contributed by atoms with Gasteiger partial charge in [-0.25, -0.2) is 0 Å². The number of benzene rings is 1. The first-order valence-corrected chi connectivity index (χ1v) is 9.09. The molecule has 3 aliphatic rings. The van der Waals surface area contributed by atoms with Gasteiger partial charge in [-0.1, -0.05) is 12.5 Å². The fraction of sp³-hybridized carbons (Fsp3) is 0.632. The molecule has 0 bridgehead atoms. The molecule has 1 amide bonds. The Labute approximate surface area is 143 Å². The van der Waals surface area contributed by atoms with Crippen molar-refractivity contribution in [3.8, 4) is 11.5 Å². The normalized spacial score (nSPS) is 29.3. The lowest BCUT2D eigenvalue weighted by atomic mass is 9.94. The number of hydrogen-bond donors (Lipinski definition) is 1. The zero-order valence-electron chi connectivity index (χ0n) is 14.3. The van der Waals surface area contributed by atoms with E-state index in [-0.39, 0.29) is 11.8 Å². The van der Waals surface area contributed by atoms with E-state index in [1.54, 1.807) is 7.11 Å². The third kappa shape index (κ3) is 2.97. The maximum atomic E-state index is 12.7. The minimum absolute atomic E-state index is 0.0939. The molecular weight excluding hydrogens is 304 g/mol. The Morgan fingerprint density at radius 1 is 1.29 bits per heavy atom. The third-order valence-electron chi connectivity index (χ3n) is 5.74. The first-order valence-electron chi connectivity index (χ1n) is 9.09. The summed E-state index contributed by atoms with van der Waals surface area (Å²) in [4.78, 5) is 15.3. The number of carbonyl (C=O) groups is 1. The Bertz CT molecular complexity index is 619. The monoisotopic (exact) mass is 330 g/mol. The lowest BCUT2D eigenvalue weighted by Gasteiger charge is -2.33. The van der Waals surface area contributed by atoms with Gasteiger partial charge in [-0.05, 0) is 43.9 Å². The summed E-state index contributed by atoms with van der Waals surface area (Å²) in [5.74, 6) is 1.69. The van der Waals surface area contributed by atoms with Gasteiger partial charge in [-0.3, -0.25) is 9.69 Å². The van der Waals surface area contributed by atoms with Gasteiger partial charge in [0.25, 0.3) is 0 Å². The van der Waals surface area contributed by atoms with Gasteiger partial charge in [0.2, 0.25) is 5.91 Å². The van der Waals surface area contributed by atoms with Crippen LogP contribution in [-0.2, 0) is 11.2 Å². The van der Waals surface area contributed by atoms with Crippen LogP contribution in [0, 0.1) is 5.92 Å². The van der Waals surface area contributed by atoms with Gasteiger partial charge in [0.1, 0.15) is 18.1 Å². The van der Waals surface area contributed by atoms with Crippen LogP contribution in [0.1, 0.15) is 31.2 Å².